The highest BCUT2D eigenvalue weighted by Crippen LogP contribution is 2.34. The average molecular weight is 382 g/mol. The Balaban J connectivity index is 1.93. The summed E-state index contributed by atoms with van der Waals surface area (Å²) >= 11 is 0. The van der Waals surface area contributed by atoms with Gasteiger partial charge in [-0.3, -0.25) is 9.48 Å². The summed E-state index contributed by atoms with van der Waals surface area (Å²) in [6.07, 6.45) is 0.341. The van der Waals surface area contributed by atoms with E-state index in [0.29, 0.717) is 16.9 Å². The number of benzene rings is 1. The Morgan fingerprint density at radius 2 is 1.93 bits per heavy atom. The molecule has 1 amide bonds. The molecule has 0 unspecified atom stereocenters. The van der Waals surface area contributed by atoms with Crippen LogP contribution in [0, 0.1) is 0 Å². The molecule has 0 aliphatic rings. The van der Waals surface area contributed by atoms with Gasteiger partial charge >= 0.3 is 5.91 Å². The predicted molar refractivity (Wildman–Crippen MR) is 99.6 cm³/mol. The highest BCUT2D eigenvalue weighted by Gasteiger charge is 2.25. The van der Waals surface area contributed by atoms with Crippen molar-refractivity contribution in [1.29, 1.82) is 0 Å². The molecule has 9 heteroatoms. The lowest BCUT2D eigenvalue weighted by Crippen LogP contribution is -2.38. The highest BCUT2D eigenvalue weighted by molar-refractivity contribution is 6.00. The Bertz CT molecular complexity index is 1170. The lowest BCUT2D eigenvalue weighted by molar-refractivity contribution is 0.0959. The molecule has 0 atom stereocenters. The summed E-state index contributed by atoms with van der Waals surface area (Å²) in [5.41, 5.74) is 1.09. The van der Waals surface area contributed by atoms with Crippen molar-refractivity contribution in [1.82, 2.24) is 24.4 Å². The van der Waals surface area contributed by atoms with E-state index >= 15 is 0 Å². The van der Waals surface area contributed by atoms with Gasteiger partial charge in [-0.15, -0.1) is 5.10 Å². The van der Waals surface area contributed by atoms with Crippen LogP contribution in [0.5, 0.6) is 0 Å². The molecule has 1 aromatic carbocycles. The van der Waals surface area contributed by atoms with E-state index in [4.69, 9.17) is 0 Å². The summed E-state index contributed by atoms with van der Waals surface area (Å²) in [5, 5.41) is 6.03. The van der Waals surface area contributed by atoms with Gasteiger partial charge in [0.1, 0.15) is 6.33 Å². The maximum atomic E-state index is 13.6. The molecule has 0 saturated heterocycles. The van der Waals surface area contributed by atoms with Crippen LogP contribution in [0.25, 0.3) is 22.3 Å². The minimum atomic E-state index is -2.66. The molecule has 0 fully saturated rings. The molecule has 142 valence electrons. The number of aryl methyl sites for hydroxylation is 1. The number of hydrogen-bond donors (Lipinski definition) is 0. The second kappa shape index (κ2) is 6.84. The van der Waals surface area contributed by atoms with E-state index in [1.165, 1.54) is 33.8 Å². The Hall–Kier alpha value is -3.62. The Kier molecular flexibility index (Phi) is 4.34. The zero-order chi connectivity index (χ0) is 19.8. The van der Waals surface area contributed by atoms with Crippen LogP contribution >= 0.6 is 0 Å². The monoisotopic (exact) mass is 382 g/mol. The first-order valence-electron chi connectivity index (χ1n) is 8.45. The molecule has 7 nitrogen and oxygen atoms in total. The fourth-order valence-corrected chi connectivity index (χ4v) is 3.11. The third-order valence-electron chi connectivity index (χ3n) is 4.39. The number of aromatic nitrogens is 5. The van der Waals surface area contributed by atoms with Crippen LogP contribution in [0.3, 0.4) is 0 Å². The van der Waals surface area contributed by atoms with Crippen molar-refractivity contribution in [2.75, 3.05) is 12.1 Å². The highest BCUT2D eigenvalue weighted by atomic mass is 19.3. The van der Waals surface area contributed by atoms with Crippen molar-refractivity contribution in [3.05, 3.63) is 66.4 Å². The van der Waals surface area contributed by atoms with E-state index in [9.17, 15) is 13.6 Å². The zero-order valence-corrected chi connectivity index (χ0v) is 15.1. The number of carbonyl (C=O) groups is 1. The van der Waals surface area contributed by atoms with E-state index in [1.807, 2.05) is 6.07 Å². The Morgan fingerprint density at radius 1 is 1.14 bits per heavy atom. The lowest BCUT2D eigenvalue weighted by atomic mass is 10.0. The molecular formula is C19H16F2N6O. The molecule has 0 bridgehead atoms. The third-order valence-corrected chi connectivity index (χ3v) is 4.39. The van der Waals surface area contributed by atoms with Gasteiger partial charge in [0.15, 0.2) is 5.65 Å². The molecule has 3 aromatic heterocycles. The first-order valence-corrected chi connectivity index (χ1v) is 8.45. The minimum Gasteiger partial charge on any atom is -0.263 e. The van der Waals surface area contributed by atoms with Gasteiger partial charge in [0.05, 0.1) is 5.69 Å². The maximum absolute atomic E-state index is 13.6. The van der Waals surface area contributed by atoms with Gasteiger partial charge in [-0.25, -0.2) is 28.4 Å². The second-order valence-corrected chi connectivity index (χ2v) is 6.22. The van der Waals surface area contributed by atoms with Crippen LogP contribution in [0.1, 0.15) is 22.6 Å². The van der Waals surface area contributed by atoms with Gasteiger partial charge in [0.25, 0.3) is 6.43 Å². The van der Waals surface area contributed by atoms with Gasteiger partial charge in [-0.2, -0.15) is 0 Å². The Labute approximate surface area is 158 Å². The standard InChI is InChI=1S/C19H16F2N6O/c1-25-11-23-17(24-25)19(28)26(2)27-15(10-12-6-5-9-22-18(12)27)13-7-3-4-8-14(13)16(20)21/h3-11,16H,1-2H3. The van der Waals surface area contributed by atoms with Crippen LogP contribution in [0.15, 0.2) is 55.0 Å². The molecule has 0 saturated carbocycles. The van der Waals surface area contributed by atoms with Crippen molar-refractivity contribution in [3.63, 3.8) is 0 Å². The number of pyridine rings is 1. The van der Waals surface area contributed by atoms with Crippen molar-refractivity contribution in [3.8, 4) is 11.3 Å². The molecule has 0 spiro atoms. The first kappa shape index (κ1) is 17.8. The van der Waals surface area contributed by atoms with E-state index in [0.717, 1.165) is 5.39 Å². The molecular weight excluding hydrogens is 366 g/mol. The van der Waals surface area contributed by atoms with Crippen LogP contribution in [-0.4, -0.2) is 37.4 Å². The number of amides is 1. The minimum absolute atomic E-state index is 0.00382. The molecule has 0 N–H and O–H groups in total. The quantitative estimate of drug-likeness (QED) is 0.544. The van der Waals surface area contributed by atoms with Gasteiger partial charge in [-0.05, 0) is 18.2 Å². The van der Waals surface area contributed by atoms with Crippen molar-refractivity contribution in [2.45, 2.75) is 6.43 Å². The van der Waals surface area contributed by atoms with Crippen LogP contribution in [0.4, 0.5) is 8.78 Å². The van der Waals surface area contributed by atoms with Crippen LogP contribution < -0.4 is 5.01 Å². The molecule has 4 aromatic rings. The van der Waals surface area contributed by atoms with E-state index in [1.54, 1.807) is 43.6 Å². The fourth-order valence-electron chi connectivity index (χ4n) is 3.11. The van der Waals surface area contributed by atoms with Crippen molar-refractivity contribution in [2.24, 2.45) is 7.05 Å². The summed E-state index contributed by atoms with van der Waals surface area (Å²) in [6.45, 7) is 0. The number of nitrogens with zero attached hydrogens (tertiary/aromatic N) is 6. The fraction of sp³-hybridized carbons (Fsp3) is 0.158. The normalized spacial score (nSPS) is 11.3. The molecule has 0 radical (unpaired) electrons. The molecule has 3 heterocycles. The Morgan fingerprint density at radius 3 is 2.64 bits per heavy atom. The zero-order valence-electron chi connectivity index (χ0n) is 15.1. The summed E-state index contributed by atoms with van der Waals surface area (Å²) in [4.78, 5) is 21.2. The number of alkyl halides is 2. The summed E-state index contributed by atoms with van der Waals surface area (Å²) < 4.78 is 30.1. The van der Waals surface area contributed by atoms with Crippen LogP contribution in [0.2, 0.25) is 0 Å². The molecule has 0 aliphatic carbocycles. The first-order chi connectivity index (χ1) is 13.5. The number of carbonyl (C=O) groups excluding carboxylic acids is 1. The summed E-state index contributed by atoms with van der Waals surface area (Å²) in [6, 6.07) is 11.5. The number of rotatable bonds is 4. The number of halogens is 2. The average Bonchev–Trinajstić information content (AvgIpc) is 3.30. The van der Waals surface area contributed by atoms with Gasteiger partial charge in [0, 0.05) is 36.8 Å². The van der Waals surface area contributed by atoms with Gasteiger partial charge in [-0.1, -0.05) is 24.3 Å². The van der Waals surface area contributed by atoms with Gasteiger partial charge < -0.3 is 0 Å². The van der Waals surface area contributed by atoms with E-state index in [-0.39, 0.29) is 11.4 Å². The molecule has 4 rings (SSSR count). The second-order valence-electron chi connectivity index (χ2n) is 6.22. The van der Waals surface area contributed by atoms with Crippen LogP contribution in [-0.2, 0) is 7.05 Å². The third kappa shape index (κ3) is 2.90. The van der Waals surface area contributed by atoms with E-state index in [2.05, 4.69) is 15.1 Å². The summed E-state index contributed by atoms with van der Waals surface area (Å²) in [5.74, 6) is -0.490. The maximum Gasteiger partial charge on any atom is 0.312 e. The topological polar surface area (TPSA) is 68.8 Å². The smallest absolute Gasteiger partial charge is 0.263 e. The SMILES string of the molecule is CN(C(=O)c1ncn(C)n1)n1c(-c2ccccc2C(F)F)cc2cccnc21. The molecule has 0 aliphatic heterocycles. The largest absolute Gasteiger partial charge is 0.312 e. The van der Waals surface area contributed by atoms with E-state index < -0.39 is 12.3 Å². The number of hydrogen-bond acceptors (Lipinski definition) is 4. The van der Waals surface area contributed by atoms with Gasteiger partial charge in [0.2, 0.25) is 5.82 Å². The molecule has 28 heavy (non-hydrogen) atoms. The van der Waals surface area contributed by atoms with Crippen molar-refractivity contribution >= 4 is 16.9 Å². The summed E-state index contributed by atoms with van der Waals surface area (Å²) in [7, 11) is 3.18. The predicted octanol–water partition coefficient (Wildman–Crippen LogP) is 3.18. The number of fused-ring (bicyclic) bond motifs is 1. The lowest BCUT2D eigenvalue weighted by Gasteiger charge is -2.22. The van der Waals surface area contributed by atoms with Crippen molar-refractivity contribution < 1.29 is 13.6 Å².